The number of hydrogen-bond acceptors (Lipinski definition) is 2. The van der Waals surface area contributed by atoms with E-state index in [-0.39, 0.29) is 17.9 Å². The number of halogens is 1. The zero-order valence-corrected chi connectivity index (χ0v) is 9.00. The Morgan fingerprint density at radius 3 is 2.42 bits per heavy atom. The molecule has 0 spiro atoms. The Morgan fingerprint density at radius 1 is 1.42 bits per heavy atom. The molecule has 0 aliphatic heterocycles. The molecule has 3 heteroatoms. The lowest BCUT2D eigenvalue weighted by molar-refractivity contribution is 0.363. The molecule has 2 nitrogen and oxygen atoms in total. The van der Waals surface area contributed by atoms with Gasteiger partial charge in [-0.1, -0.05) is 13.3 Å². The van der Waals surface area contributed by atoms with Gasteiger partial charge < -0.3 is 5.32 Å². The van der Waals surface area contributed by atoms with Crippen molar-refractivity contribution in [2.45, 2.75) is 45.6 Å². The fourth-order valence-corrected chi connectivity index (χ4v) is 1.17. The van der Waals surface area contributed by atoms with Crippen LogP contribution in [0.4, 0.5) is 0 Å². The van der Waals surface area contributed by atoms with Gasteiger partial charge in [0.25, 0.3) is 0 Å². The van der Waals surface area contributed by atoms with E-state index in [0.29, 0.717) is 6.42 Å². The van der Waals surface area contributed by atoms with Crippen LogP contribution >= 0.6 is 12.4 Å². The van der Waals surface area contributed by atoms with Gasteiger partial charge in [0.05, 0.1) is 6.07 Å². The molecular formula is C9H19ClN2. The number of nitrogens with zero attached hydrogens (tertiary/aromatic N) is 1. The summed E-state index contributed by atoms with van der Waals surface area (Å²) >= 11 is 0. The third-order valence-electron chi connectivity index (χ3n) is 1.72. The van der Waals surface area contributed by atoms with Crippen LogP contribution in [0.3, 0.4) is 0 Å². The molecule has 0 radical (unpaired) electrons. The highest BCUT2D eigenvalue weighted by Crippen LogP contribution is 2.09. The number of rotatable bonds is 5. The lowest BCUT2D eigenvalue weighted by Crippen LogP contribution is -2.39. The molecule has 0 aliphatic carbocycles. The van der Waals surface area contributed by atoms with Crippen LogP contribution < -0.4 is 5.32 Å². The van der Waals surface area contributed by atoms with Crippen LogP contribution in [-0.2, 0) is 0 Å². The SMILES string of the molecule is CCCC(C)(C)NCCC#N.Cl. The van der Waals surface area contributed by atoms with Gasteiger partial charge in [-0.3, -0.25) is 0 Å². The minimum atomic E-state index is 0. The lowest BCUT2D eigenvalue weighted by atomic mass is 9.99. The average Bonchev–Trinajstić information content (AvgIpc) is 1.87. The lowest BCUT2D eigenvalue weighted by Gasteiger charge is -2.25. The summed E-state index contributed by atoms with van der Waals surface area (Å²) in [6.07, 6.45) is 2.96. The van der Waals surface area contributed by atoms with E-state index >= 15 is 0 Å². The predicted molar refractivity (Wildman–Crippen MR) is 54.5 cm³/mol. The molecule has 12 heavy (non-hydrogen) atoms. The standard InChI is InChI=1S/C9H18N2.ClH/c1-4-6-9(2,3)11-8-5-7-10;/h11H,4-6,8H2,1-3H3;1H. The van der Waals surface area contributed by atoms with Gasteiger partial charge in [-0.25, -0.2) is 0 Å². The summed E-state index contributed by atoms with van der Waals surface area (Å²) in [7, 11) is 0. The van der Waals surface area contributed by atoms with Crippen LogP contribution in [0.15, 0.2) is 0 Å². The van der Waals surface area contributed by atoms with Crippen LogP contribution in [0.25, 0.3) is 0 Å². The van der Waals surface area contributed by atoms with E-state index in [2.05, 4.69) is 32.2 Å². The van der Waals surface area contributed by atoms with Crippen molar-refractivity contribution in [2.75, 3.05) is 6.54 Å². The first-order valence-corrected chi connectivity index (χ1v) is 4.24. The van der Waals surface area contributed by atoms with Crippen LogP contribution in [0, 0.1) is 11.3 Å². The molecule has 72 valence electrons. The van der Waals surface area contributed by atoms with Crippen molar-refractivity contribution in [3.63, 3.8) is 0 Å². The van der Waals surface area contributed by atoms with Gasteiger partial charge in [-0.05, 0) is 20.3 Å². The maximum atomic E-state index is 8.30. The largest absolute Gasteiger partial charge is 0.311 e. The quantitative estimate of drug-likeness (QED) is 0.677. The van der Waals surface area contributed by atoms with Gasteiger partial charge in [0.1, 0.15) is 0 Å². The first-order chi connectivity index (χ1) is 5.12. The minimum Gasteiger partial charge on any atom is -0.311 e. The smallest absolute Gasteiger partial charge is 0.0635 e. The van der Waals surface area contributed by atoms with Crippen molar-refractivity contribution >= 4 is 12.4 Å². The third kappa shape index (κ3) is 7.84. The first kappa shape index (κ1) is 14.3. The average molecular weight is 191 g/mol. The summed E-state index contributed by atoms with van der Waals surface area (Å²) in [4.78, 5) is 0. The highest BCUT2D eigenvalue weighted by atomic mass is 35.5. The maximum absolute atomic E-state index is 8.30. The molecule has 0 unspecified atom stereocenters. The summed E-state index contributed by atoms with van der Waals surface area (Å²) in [5.41, 5.74) is 0.200. The highest BCUT2D eigenvalue weighted by molar-refractivity contribution is 5.85. The Hall–Kier alpha value is -0.260. The normalized spacial score (nSPS) is 10.2. The van der Waals surface area contributed by atoms with Crippen LogP contribution in [0.1, 0.15) is 40.0 Å². The highest BCUT2D eigenvalue weighted by Gasteiger charge is 2.13. The molecule has 0 aromatic rings. The number of nitriles is 1. The van der Waals surface area contributed by atoms with Crippen molar-refractivity contribution < 1.29 is 0 Å². The Labute approximate surface area is 81.8 Å². The Balaban J connectivity index is 0. The van der Waals surface area contributed by atoms with Crippen molar-refractivity contribution in [1.29, 1.82) is 5.26 Å². The van der Waals surface area contributed by atoms with Crippen LogP contribution in [-0.4, -0.2) is 12.1 Å². The maximum Gasteiger partial charge on any atom is 0.0635 e. The Kier molecular flexibility index (Phi) is 8.79. The molecule has 0 bridgehead atoms. The van der Waals surface area contributed by atoms with E-state index in [9.17, 15) is 0 Å². The summed E-state index contributed by atoms with van der Waals surface area (Å²) in [5, 5.41) is 11.6. The predicted octanol–water partition coefficient (Wildman–Crippen LogP) is 2.49. The second-order valence-electron chi connectivity index (χ2n) is 3.47. The van der Waals surface area contributed by atoms with E-state index in [0.717, 1.165) is 6.54 Å². The fraction of sp³-hybridized carbons (Fsp3) is 0.889. The van der Waals surface area contributed by atoms with Gasteiger partial charge in [-0.2, -0.15) is 5.26 Å². The van der Waals surface area contributed by atoms with Crippen LogP contribution in [0.5, 0.6) is 0 Å². The first-order valence-electron chi connectivity index (χ1n) is 4.24. The molecule has 0 saturated carbocycles. The monoisotopic (exact) mass is 190 g/mol. The van der Waals surface area contributed by atoms with Crippen molar-refractivity contribution in [3.05, 3.63) is 0 Å². The molecule has 0 saturated heterocycles. The molecule has 0 rings (SSSR count). The van der Waals surface area contributed by atoms with E-state index in [1.807, 2.05) is 0 Å². The molecule has 0 aliphatic rings. The fourth-order valence-electron chi connectivity index (χ4n) is 1.17. The zero-order valence-electron chi connectivity index (χ0n) is 8.18. The molecular weight excluding hydrogens is 172 g/mol. The minimum absolute atomic E-state index is 0. The number of nitrogens with one attached hydrogen (secondary N) is 1. The van der Waals surface area contributed by atoms with Crippen LogP contribution in [0.2, 0.25) is 0 Å². The Morgan fingerprint density at radius 2 is 2.00 bits per heavy atom. The zero-order chi connectivity index (χ0) is 8.74. The van der Waals surface area contributed by atoms with Gasteiger partial charge in [0, 0.05) is 18.5 Å². The summed E-state index contributed by atoms with van der Waals surface area (Å²) < 4.78 is 0. The summed E-state index contributed by atoms with van der Waals surface area (Å²) in [6.45, 7) is 7.33. The van der Waals surface area contributed by atoms with Crippen molar-refractivity contribution in [1.82, 2.24) is 5.32 Å². The molecule has 0 heterocycles. The Bertz CT molecular complexity index is 138. The molecule has 0 aromatic carbocycles. The van der Waals surface area contributed by atoms with Gasteiger partial charge in [-0.15, -0.1) is 12.4 Å². The summed E-state index contributed by atoms with van der Waals surface area (Å²) in [5.74, 6) is 0. The van der Waals surface area contributed by atoms with E-state index in [1.165, 1.54) is 12.8 Å². The molecule has 0 fully saturated rings. The van der Waals surface area contributed by atoms with Crippen molar-refractivity contribution in [3.8, 4) is 6.07 Å². The van der Waals surface area contributed by atoms with Gasteiger partial charge in [0.15, 0.2) is 0 Å². The van der Waals surface area contributed by atoms with Crippen molar-refractivity contribution in [2.24, 2.45) is 0 Å². The topological polar surface area (TPSA) is 35.8 Å². The molecule has 0 aromatic heterocycles. The number of hydrogen-bond donors (Lipinski definition) is 1. The van der Waals surface area contributed by atoms with E-state index in [4.69, 9.17) is 5.26 Å². The molecule has 0 atom stereocenters. The van der Waals surface area contributed by atoms with E-state index in [1.54, 1.807) is 0 Å². The third-order valence-corrected chi connectivity index (χ3v) is 1.72. The van der Waals surface area contributed by atoms with Gasteiger partial charge in [0.2, 0.25) is 0 Å². The second kappa shape index (κ2) is 7.39. The second-order valence-corrected chi connectivity index (χ2v) is 3.47. The van der Waals surface area contributed by atoms with E-state index < -0.39 is 0 Å². The molecule has 0 amide bonds. The van der Waals surface area contributed by atoms with Gasteiger partial charge >= 0.3 is 0 Å². The summed E-state index contributed by atoms with van der Waals surface area (Å²) in [6, 6.07) is 2.12. The molecule has 1 N–H and O–H groups in total.